The third kappa shape index (κ3) is 3.74. The summed E-state index contributed by atoms with van der Waals surface area (Å²) in [5, 5.41) is 8.47. The number of amides is 1. The minimum Gasteiger partial charge on any atom is -0.493 e. The first-order valence-electron chi connectivity index (χ1n) is 9.65. The third-order valence-electron chi connectivity index (χ3n) is 5.10. The number of aryl methyl sites for hydroxylation is 1. The minimum atomic E-state index is -0.209. The van der Waals surface area contributed by atoms with Gasteiger partial charge in [-0.1, -0.05) is 11.6 Å². The molecule has 0 saturated carbocycles. The van der Waals surface area contributed by atoms with Crippen LogP contribution in [0.2, 0.25) is 0 Å². The van der Waals surface area contributed by atoms with Crippen LogP contribution in [0.5, 0.6) is 11.5 Å². The fourth-order valence-electron chi connectivity index (χ4n) is 3.40. The number of H-pyrrole nitrogens is 1. The van der Waals surface area contributed by atoms with Crippen LogP contribution in [0.25, 0.3) is 16.6 Å². The smallest absolute Gasteiger partial charge is 0.268 e. The Balaban J connectivity index is 1.51. The summed E-state index contributed by atoms with van der Waals surface area (Å²) in [6.45, 7) is 3.96. The van der Waals surface area contributed by atoms with E-state index in [0.29, 0.717) is 17.2 Å². The number of hydrogen-bond donors (Lipinski definition) is 2. The van der Waals surface area contributed by atoms with E-state index in [2.05, 4.69) is 21.5 Å². The molecule has 0 aliphatic heterocycles. The van der Waals surface area contributed by atoms with E-state index in [4.69, 9.17) is 9.47 Å². The Labute approximate surface area is 174 Å². The van der Waals surface area contributed by atoms with Crippen molar-refractivity contribution < 1.29 is 14.3 Å². The number of fused-ring (bicyclic) bond motifs is 1. The number of nitrogens with zero attached hydrogens (tertiary/aromatic N) is 2. The molecule has 2 N–H and O–H groups in total. The van der Waals surface area contributed by atoms with Crippen molar-refractivity contribution in [3.05, 3.63) is 71.7 Å². The first kappa shape index (κ1) is 19.6. The number of benzene rings is 2. The van der Waals surface area contributed by atoms with Crippen LogP contribution in [0.4, 0.5) is 0 Å². The van der Waals surface area contributed by atoms with Gasteiger partial charge in [-0.05, 0) is 44.2 Å². The second kappa shape index (κ2) is 7.94. The molecule has 4 aromatic rings. The van der Waals surface area contributed by atoms with Crippen LogP contribution < -0.4 is 14.8 Å². The Morgan fingerprint density at radius 1 is 1.10 bits per heavy atom. The zero-order valence-electron chi connectivity index (χ0n) is 17.4. The SMILES string of the molecule is COc1ccc(-n2cc(C(C)NC(=O)c3cc4cc(C)ccc4[nH]3)cn2)cc1OC. The molecule has 0 radical (unpaired) electrons. The van der Waals surface area contributed by atoms with Crippen LogP contribution in [0.3, 0.4) is 0 Å². The van der Waals surface area contributed by atoms with Gasteiger partial charge < -0.3 is 19.8 Å². The monoisotopic (exact) mass is 404 g/mol. The fourth-order valence-corrected chi connectivity index (χ4v) is 3.40. The van der Waals surface area contributed by atoms with Crippen LogP contribution in [0.15, 0.2) is 54.9 Å². The van der Waals surface area contributed by atoms with E-state index in [1.54, 1.807) is 25.1 Å². The van der Waals surface area contributed by atoms with Gasteiger partial charge in [-0.15, -0.1) is 0 Å². The summed E-state index contributed by atoms with van der Waals surface area (Å²) in [5.74, 6) is 1.13. The molecule has 0 spiro atoms. The Morgan fingerprint density at radius 2 is 1.90 bits per heavy atom. The van der Waals surface area contributed by atoms with Gasteiger partial charge in [0, 0.05) is 28.7 Å². The zero-order chi connectivity index (χ0) is 21.3. The first-order chi connectivity index (χ1) is 14.5. The lowest BCUT2D eigenvalue weighted by Crippen LogP contribution is -2.26. The number of nitrogens with one attached hydrogen (secondary N) is 2. The van der Waals surface area contributed by atoms with Crippen LogP contribution in [-0.2, 0) is 0 Å². The van der Waals surface area contributed by atoms with E-state index in [1.165, 1.54) is 0 Å². The normalized spacial score (nSPS) is 12.0. The number of aromatic nitrogens is 3. The van der Waals surface area contributed by atoms with Crippen molar-refractivity contribution >= 4 is 16.8 Å². The highest BCUT2D eigenvalue weighted by atomic mass is 16.5. The molecule has 1 atom stereocenters. The number of aromatic amines is 1. The van der Waals surface area contributed by atoms with Crippen molar-refractivity contribution in [3.8, 4) is 17.2 Å². The maximum Gasteiger partial charge on any atom is 0.268 e. The third-order valence-corrected chi connectivity index (χ3v) is 5.10. The second-order valence-electron chi connectivity index (χ2n) is 7.23. The quantitative estimate of drug-likeness (QED) is 0.505. The van der Waals surface area contributed by atoms with Crippen LogP contribution in [-0.4, -0.2) is 34.9 Å². The second-order valence-corrected chi connectivity index (χ2v) is 7.23. The maximum atomic E-state index is 12.7. The van der Waals surface area contributed by atoms with Crippen LogP contribution >= 0.6 is 0 Å². The first-order valence-corrected chi connectivity index (χ1v) is 9.65. The minimum absolute atomic E-state index is 0.157. The fraction of sp³-hybridized carbons (Fsp3) is 0.217. The van der Waals surface area contributed by atoms with Crippen molar-refractivity contribution in [1.82, 2.24) is 20.1 Å². The lowest BCUT2D eigenvalue weighted by molar-refractivity contribution is 0.0935. The van der Waals surface area contributed by atoms with Gasteiger partial charge in [-0.25, -0.2) is 4.68 Å². The number of methoxy groups -OCH3 is 2. The van der Waals surface area contributed by atoms with Gasteiger partial charge in [0.05, 0.1) is 32.1 Å². The number of carbonyl (C=O) groups excluding carboxylic acids is 1. The molecular formula is C23H24N4O3. The van der Waals surface area contributed by atoms with E-state index < -0.39 is 0 Å². The molecule has 0 aliphatic carbocycles. The summed E-state index contributed by atoms with van der Waals surface area (Å²) in [6.07, 6.45) is 3.64. The molecule has 0 aliphatic rings. The Bertz CT molecular complexity index is 1210. The number of rotatable bonds is 6. The van der Waals surface area contributed by atoms with Crippen molar-refractivity contribution in [1.29, 1.82) is 0 Å². The summed E-state index contributed by atoms with van der Waals surface area (Å²) < 4.78 is 12.4. The molecule has 2 aromatic carbocycles. The van der Waals surface area contributed by atoms with E-state index in [9.17, 15) is 4.79 Å². The predicted molar refractivity (Wildman–Crippen MR) is 116 cm³/mol. The Morgan fingerprint density at radius 3 is 2.67 bits per heavy atom. The summed E-state index contributed by atoms with van der Waals surface area (Å²) >= 11 is 0. The molecule has 0 saturated heterocycles. The van der Waals surface area contributed by atoms with Gasteiger partial charge in [0.25, 0.3) is 5.91 Å². The number of hydrogen-bond acceptors (Lipinski definition) is 4. The zero-order valence-corrected chi connectivity index (χ0v) is 17.4. The highest BCUT2D eigenvalue weighted by molar-refractivity contribution is 5.98. The van der Waals surface area contributed by atoms with Gasteiger partial charge >= 0.3 is 0 Å². The molecule has 2 heterocycles. The standard InChI is InChI=1S/C23H24N4O3/c1-14-5-7-19-16(9-14)10-20(26-19)23(28)25-15(2)17-12-24-27(13-17)18-6-8-21(29-3)22(11-18)30-4/h5-13,15,26H,1-4H3,(H,25,28). The lowest BCUT2D eigenvalue weighted by atomic mass is 10.1. The van der Waals surface area contributed by atoms with Gasteiger partial charge in [0.15, 0.2) is 11.5 Å². The van der Waals surface area contributed by atoms with Gasteiger partial charge in [0.2, 0.25) is 0 Å². The molecule has 2 aromatic heterocycles. The lowest BCUT2D eigenvalue weighted by Gasteiger charge is -2.11. The number of carbonyl (C=O) groups is 1. The Kier molecular flexibility index (Phi) is 5.18. The van der Waals surface area contributed by atoms with Crippen LogP contribution in [0.1, 0.15) is 34.6 Å². The Hall–Kier alpha value is -3.74. The van der Waals surface area contributed by atoms with E-state index in [-0.39, 0.29) is 11.9 Å². The van der Waals surface area contributed by atoms with E-state index in [0.717, 1.165) is 27.7 Å². The summed E-state index contributed by atoms with van der Waals surface area (Å²) in [5.41, 5.74) is 4.37. The van der Waals surface area contributed by atoms with Gasteiger partial charge in [-0.3, -0.25) is 4.79 Å². The molecule has 1 unspecified atom stereocenters. The largest absolute Gasteiger partial charge is 0.493 e. The predicted octanol–water partition coefficient (Wildman–Crippen LogP) is 4.17. The van der Waals surface area contributed by atoms with Crippen molar-refractivity contribution in [2.45, 2.75) is 19.9 Å². The highest BCUT2D eigenvalue weighted by Gasteiger charge is 2.16. The average molecular weight is 404 g/mol. The number of ether oxygens (including phenoxy) is 2. The summed E-state index contributed by atoms with van der Waals surface area (Å²) in [7, 11) is 3.20. The topological polar surface area (TPSA) is 81.2 Å². The van der Waals surface area contributed by atoms with E-state index >= 15 is 0 Å². The molecule has 0 fully saturated rings. The van der Waals surface area contributed by atoms with E-state index in [1.807, 2.05) is 56.4 Å². The molecule has 7 nitrogen and oxygen atoms in total. The van der Waals surface area contributed by atoms with Gasteiger partial charge in [-0.2, -0.15) is 5.10 Å². The maximum absolute atomic E-state index is 12.7. The molecule has 30 heavy (non-hydrogen) atoms. The summed E-state index contributed by atoms with van der Waals surface area (Å²) in [4.78, 5) is 15.9. The van der Waals surface area contributed by atoms with Crippen molar-refractivity contribution in [3.63, 3.8) is 0 Å². The highest BCUT2D eigenvalue weighted by Crippen LogP contribution is 2.29. The summed E-state index contributed by atoms with van der Waals surface area (Å²) in [6, 6.07) is 13.3. The molecule has 154 valence electrons. The molecule has 0 bridgehead atoms. The van der Waals surface area contributed by atoms with Crippen molar-refractivity contribution in [2.75, 3.05) is 14.2 Å². The average Bonchev–Trinajstić information content (AvgIpc) is 3.40. The van der Waals surface area contributed by atoms with Crippen molar-refractivity contribution in [2.24, 2.45) is 0 Å². The van der Waals surface area contributed by atoms with Gasteiger partial charge in [0.1, 0.15) is 5.69 Å². The molecule has 7 heteroatoms. The van der Waals surface area contributed by atoms with Crippen LogP contribution in [0, 0.1) is 6.92 Å². The molecule has 4 rings (SSSR count). The molecule has 1 amide bonds. The molecular weight excluding hydrogens is 380 g/mol.